The van der Waals surface area contributed by atoms with Crippen molar-refractivity contribution >= 4 is 0 Å². The SMILES string of the molecule is CCC(O)(C1=COCCC1)C1CCC1. The van der Waals surface area contributed by atoms with E-state index >= 15 is 0 Å². The molecule has 0 bridgehead atoms. The number of ether oxygens (including phenoxy) is 1. The van der Waals surface area contributed by atoms with E-state index in [1.165, 1.54) is 19.3 Å². The minimum atomic E-state index is -0.557. The molecule has 2 nitrogen and oxygen atoms in total. The summed E-state index contributed by atoms with van der Waals surface area (Å²) in [5, 5.41) is 10.6. The van der Waals surface area contributed by atoms with Crippen LogP contribution in [0, 0.1) is 5.92 Å². The fraction of sp³-hybridized carbons (Fsp3) is 0.833. The Morgan fingerprint density at radius 1 is 1.50 bits per heavy atom. The van der Waals surface area contributed by atoms with Gasteiger partial charge in [-0.15, -0.1) is 0 Å². The molecule has 0 aromatic rings. The van der Waals surface area contributed by atoms with Gasteiger partial charge >= 0.3 is 0 Å². The molecular formula is C12H20O2. The minimum Gasteiger partial charge on any atom is -0.501 e. The van der Waals surface area contributed by atoms with Gasteiger partial charge in [0, 0.05) is 0 Å². The molecule has 2 aliphatic rings. The molecule has 2 rings (SSSR count). The fourth-order valence-corrected chi connectivity index (χ4v) is 2.55. The normalized spacial score (nSPS) is 27.1. The largest absolute Gasteiger partial charge is 0.501 e. The summed E-state index contributed by atoms with van der Waals surface area (Å²) in [4.78, 5) is 0. The van der Waals surface area contributed by atoms with Crippen LogP contribution in [-0.2, 0) is 4.74 Å². The van der Waals surface area contributed by atoms with Crippen molar-refractivity contribution in [1.82, 2.24) is 0 Å². The van der Waals surface area contributed by atoms with Crippen molar-refractivity contribution in [1.29, 1.82) is 0 Å². The predicted octanol–water partition coefficient (Wildman–Crippen LogP) is 2.62. The average molecular weight is 196 g/mol. The lowest BCUT2D eigenvalue weighted by Gasteiger charge is -2.43. The van der Waals surface area contributed by atoms with Gasteiger partial charge < -0.3 is 9.84 Å². The highest BCUT2D eigenvalue weighted by atomic mass is 16.5. The van der Waals surface area contributed by atoms with Gasteiger partial charge in [0.05, 0.1) is 18.5 Å². The molecule has 0 aromatic carbocycles. The summed E-state index contributed by atoms with van der Waals surface area (Å²) in [7, 11) is 0. The van der Waals surface area contributed by atoms with Crippen LogP contribution < -0.4 is 0 Å². The first-order chi connectivity index (χ1) is 6.77. The van der Waals surface area contributed by atoms with E-state index in [4.69, 9.17) is 4.74 Å². The highest BCUT2D eigenvalue weighted by Crippen LogP contribution is 2.44. The maximum absolute atomic E-state index is 10.6. The lowest BCUT2D eigenvalue weighted by molar-refractivity contribution is -0.0300. The van der Waals surface area contributed by atoms with Crippen LogP contribution in [0.1, 0.15) is 45.4 Å². The van der Waals surface area contributed by atoms with Gasteiger partial charge in [-0.25, -0.2) is 0 Å². The van der Waals surface area contributed by atoms with Crippen molar-refractivity contribution in [3.05, 3.63) is 11.8 Å². The number of aliphatic hydroxyl groups is 1. The highest BCUT2D eigenvalue weighted by Gasteiger charge is 2.41. The van der Waals surface area contributed by atoms with Crippen LogP contribution in [-0.4, -0.2) is 17.3 Å². The molecule has 1 N–H and O–H groups in total. The maximum Gasteiger partial charge on any atom is 0.0914 e. The number of hydrogen-bond acceptors (Lipinski definition) is 2. The van der Waals surface area contributed by atoms with Crippen LogP contribution >= 0.6 is 0 Å². The molecule has 1 saturated carbocycles. The van der Waals surface area contributed by atoms with Gasteiger partial charge in [0.15, 0.2) is 0 Å². The zero-order valence-electron chi connectivity index (χ0n) is 8.96. The van der Waals surface area contributed by atoms with Gasteiger partial charge in [-0.05, 0) is 43.6 Å². The Bertz CT molecular complexity index is 230. The number of rotatable bonds is 3. The van der Waals surface area contributed by atoms with Crippen LogP contribution in [0.3, 0.4) is 0 Å². The van der Waals surface area contributed by atoms with Crippen molar-refractivity contribution in [3.63, 3.8) is 0 Å². The molecule has 1 aliphatic heterocycles. The molecule has 0 saturated heterocycles. The first kappa shape index (κ1) is 10.0. The maximum atomic E-state index is 10.6. The van der Waals surface area contributed by atoms with Crippen LogP contribution in [0.4, 0.5) is 0 Å². The molecule has 0 amide bonds. The van der Waals surface area contributed by atoms with Gasteiger partial charge in [-0.1, -0.05) is 13.3 Å². The standard InChI is InChI=1S/C12H20O2/c1-2-12(13,10-5-3-6-10)11-7-4-8-14-9-11/h9-10,13H,2-8H2,1H3. The summed E-state index contributed by atoms with van der Waals surface area (Å²) in [5.41, 5.74) is 0.578. The van der Waals surface area contributed by atoms with E-state index in [1.807, 2.05) is 6.26 Å². The van der Waals surface area contributed by atoms with Crippen LogP contribution in [0.2, 0.25) is 0 Å². The molecule has 1 heterocycles. The molecule has 2 heteroatoms. The summed E-state index contributed by atoms with van der Waals surface area (Å²) in [6.07, 6.45) is 8.35. The lowest BCUT2D eigenvalue weighted by Crippen LogP contribution is -2.43. The Morgan fingerprint density at radius 2 is 2.29 bits per heavy atom. The topological polar surface area (TPSA) is 29.5 Å². The molecule has 1 fully saturated rings. The summed E-state index contributed by atoms with van der Waals surface area (Å²) >= 11 is 0. The lowest BCUT2D eigenvalue weighted by atomic mass is 9.67. The van der Waals surface area contributed by atoms with Crippen molar-refractivity contribution < 1.29 is 9.84 Å². The van der Waals surface area contributed by atoms with Gasteiger partial charge in [0.2, 0.25) is 0 Å². The summed E-state index contributed by atoms with van der Waals surface area (Å²) in [5.74, 6) is 0.487. The van der Waals surface area contributed by atoms with Crippen molar-refractivity contribution in [3.8, 4) is 0 Å². The monoisotopic (exact) mass is 196 g/mol. The third-order valence-corrected chi connectivity index (χ3v) is 3.81. The van der Waals surface area contributed by atoms with E-state index in [1.54, 1.807) is 0 Å². The predicted molar refractivity (Wildman–Crippen MR) is 55.9 cm³/mol. The van der Waals surface area contributed by atoms with E-state index in [2.05, 4.69) is 6.92 Å². The Kier molecular flexibility index (Phi) is 2.82. The zero-order chi connectivity index (χ0) is 10.0. The van der Waals surface area contributed by atoms with Gasteiger partial charge in [0.1, 0.15) is 0 Å². The van der Waals surface area contributed by atoms with Crippen molar-refractivity contribution in [2.45, 2.75) is 51.0 Å². The molecule has 80 valence electrons. The molecular weight excluding hydrogens is 176 g/mol. The van der Waals surface area contributed by atoms with E-state index < -0.39 is 5.60 Å². The molecule has 1 aliphatic carbocycles. The fourth-order valence-electron chi connectivity index (χ4n) is 2.55. The Balaban J connectivity index is 2.12. The van der Waals surface area contributed by atoms with Gasteiger partial charge in [0.25, 0.3) is 0 Å². The first-order valence-electron chi connectivity index (χ1n) is 5.81. The van der Waals surface area contributed by atoms with Gasteiger partial charge in [-0.3, -0.25) is 0 Å². The molecule has 1 unspecified atom stereocenters. The zero-order valence-corrected chi connectivity index (χ0v) is 8.96. The van der Waals surface area contributed by atoms with Crippen LogP contribution in [0.25, 0.3) is 0 Å². The van der Waals surface area contributed by atoms with E-state index in [0.29, 0.717) is 5.92 Å². The molecule has 14 heavy (non-hydrogen) atoms. The quantitative estimate of drug-likeness (QED) is 0.752. The summed E-state index contributed by atoms with van der Waals surface area (Å²) in [6.45, 7) is 2.89. The average Bonchev–Trinajstić information content (AvgIpc) is 2.16. The Labute approximate surface area is 86.0 Å². The van der Waals surface area contributed by atoms with E-state index in [0.717, 1.165) is 31.4 Å². The third-order valence-electron chi connectivity index (χ3n) is 3.81. The van der Waals surface area contributed by atoms with Crippen LogP contribution in [0.15, 0.2) is 11.8 Å². The van der Waals surface area contributed by atoms with Crippen LogP contribution in [0.5, 0.6) is 0 Å². The number of hydrogen-bond donors (Lipinski definition) is 1. The minimum absolute atomic E-state index is 0.487. The van der Waals surface area contributed by atoms with Gasteiger partial charge in [-0.2, -0.15) is 0 Å². The molecule has 1 atom stereocenters. The molecule has 0 aromatic heterocycles. The Hall–Kier alpha value is -0.500. The van der Waals surface area contributed by atoms with Crippen molar-refractivity contribution in [2.24, 2.45) is 5.92 Å². The van der Waals surface area contributed by atoms with E-state index in [9.17, 15) is 5.11 Å². The summed E-state index contributed by atoms with van der Waals surface area (Å²) in [6, 6.07) is 0. The third kappa shape index (κ3) is 1.56. The van der Waals surface area contributed by atoms with Crippen molar-refractivity contribution in [2.75, 3.05) is 6.61 Å². The molecule has 0 spiro atoms. The molecule has 0 radical (unpaired) electrons. The second-order valence-corrected chi connectivity index (χ2v) is 4.52. The highest BCUT2D eigenvalue weighted by molar-refractivity contribution is 5.19. The summed E-state index contributed by atoms with van der Waals surface area (Å²) < 4.78 is 5.33. The van der Waals surface area contributed by atoms with E-state index in [-0.39, 0.29) is 0 Å². The first-order valence-corrected chi connectivity index (χ1v) is 5.81. The second-order valence-electron chi connectivity index (χ2n) is 4.52. The Morgan fingerprint density at radius 3 is 2.71 bits per heavy atom. The second kappa shape index (κ2) is 3.93. The smallest absolute Gasteiger partial charge is 0.0914 e.